The van der Waals surface area contributed by atoms with Crippen molar-refractivity contribution < 1.29 is 14.3 Å². The van der Waals surface area contributed by atoms with Crippen molar-refractivity contribution in [2.24, 2.45) is 5.92 Å². The number of carbonyl (C=O) groups excluding carboxylic acids is 1. The van der Waals surface area contributed by atoms with Crippen molar-refractivity contribution in [2.75, 3.05) is 13.7 Å². The van der Waals surface area contributed by atoms with E-state index in [-0.39, 0.29) is 5.69 Å². The molecule has 0 saturated heterocycles. The summed E-state index contributed by atoms with van der Waals surface area (Å²) in [6, 6.07) is 1.52. The van der Waals surface area contributed by atoms with Crippen LogP contribution < -0.4 is 4.74 Å². The van der Waals surface area contributed by atoms with E-state index in [2.05, 4.69) is 9.72 Å². The first-order valence-electron chi connectivity index (χ1n) is 5.57. The van der Waals surface area contributed by atoms with E-state index in [0.717, 1.165) is 0 Å². The Kier molecular flexibility index (Phi) is 3.84. The molecule has 0 amide bonds. The zero-order valence-corrected chi connectivity index (χ0v) is 10.4. The predicted molar refractivity (Wildman–Crippen MR) is 63.4 cm³/mol. The Morgan fingerprint density at radius 3 is 2.94 bits per heavy atom. The molecule has 0 unspecified atom stereocenters. The molecule has 17 heavy (non-hydrogen) atoms. The van der Waals surface area contributed by atoms with Crippen LogP contribution in [0.2, 0.25) is 5.02 Å². The van der Waals surface area contributed by atoms with Crippen LogP contribution in [0.5, 0.6) is 5.75 Å². The Hall–Kier alpha value is -1.29. The fourth-order valence-electron chi connectivity index (χ4n) is 1.61. The van der Waals surface area contributed by atoms with Gasteiger partial charge in [0.05, 0.1) is 19.9 Å². The summed E-state index contributed by atoms with van der Waals surface area (Å²) in [6.45, 7) is 0.643. The van der Waals surface area contributed by atoms with Gasteiger partial charge in [-0.05, 0) is 18.8 Å². The molecule has 2 rings (SSSR count). The second-order valence-electron chi connectivity index (χ2n) is 4.10. The van der Waals surface area contributed by atoms with Crippen LogP contribution in [-0.4, -0.2) is 24.7 Å². The van der Waals surface area contributed by atoms with Gasteiger partial charge in [0.1, 0.15) is 10.8 Å². The minimum Gasteiger partial charge on any atom is -0.492 e. The van der Waals surface area contributed by atoms with Gasteiger partial charge >= 0.3 is 5.97 Å². The van der Waals surface area contributed by atoms with Crippen molar-refractivity contribution in [2.45, 2.75) is 19.3 Å². The van der Waals surface area contributed by atoms with Crippen LogP contribution in [0, 0.1) is 5.92 Å². The average molecular weight is 256 g/mol. The molecule has 0 bridgehead atoms. The number of methoxy groups -OCH3 is 1. The van der Waals surface area contributed by atoms with Crippen LogP contribution in [0.1, 0.15) is 29.8 Å². The number of hydrogen-bond acceptors (Lipinski definition) is 4. The molecule has 1 aromatic rings. The number of nitrogens with zero attached hydrogens (tertiary/aromatic N) is 1. The van der Waals surface area contributed by atoms with E-state index < -0.39 is 5.97 Å². The second-order valence-corrected chi connectivity index (χ2v) is 4.51. The summed E-state index contributed by atoms with van der Waals surface area (Å²) in [5.74, 6) is 0.616. The van der Waals surface area contributed by atoms with Gasteiger partial charge in [-0.25, -0.2) is 9.78 Å². The Morgan fingerprint density at radius 1 is 1.59 bits per heavy atom. The molecule has 92 valence electrons. The molecule has 0 atom stereocenters. The lowest BCUT2D eigenvalue weighted by atomic mass is 9.86. The Balaban J connectivity index is 2.05. The summed E-state index contributed by atoms with van der Waals surface area (Å²) < 4.78 is 10.2. The van der Waals surface area contributed by atoms with E-state index in [0.29, 0.717) is 23.3 Å². The topological polar surface area (TPSA) is 48.4 Å². The number of carbonyl (C=O) groups is 1. The van der Waals surface area contributed by atoms with Gasteiger partial charge in [-0.3, -0.25) is 0 Å². The highest BCUT2D eigenvalue weighted by atomic mass is 35.5. The minimum atomic E-state index is -0.491. The average Bonchev–Trinajstić information content (AvgIpc) is 2.28. The van der Waals surface area contributed by atoms with Crippen molar-refractivity contribution in [3.63, 3.8) is 0 Å². The number of hydrogen-bond donors (Lipinski definition) is 0. The number of aromatic nitrogens is 1. The standard InChI is InChI=1S/C12H14ClNO3/c1-16-12(15)10-5-11(9(13)6-14-10)17-7-8-3-2-4-8/h5-6,8H,2-4,7H2,1H3. The highest BCUT2D eigenvalue weighted by molar-refractivity contribution is 6.32. The monoisotopic (exact) mass is 255 g/mol. The minimum absolute atomic E-state index is 0.209. The molecule has 1 heterocycles. The summed E-state index contributed by atoms with van der Waals surface area (Å²) in [5, 5.41) is 0.414. The predicted octanol–water partition coefficient (Wildman–Crippen LogP) is 2.70. The smallest absolute Gasteiger partial charge is 0.356 e. The quantitative estimate of drug-likeness (QED) is 0.776. The Morgan fingerprint density at radius 2 is 2.35 bits per heavy atom. The Bertz CT molecular complexity index is 418. The largest absolute Gasteiger partial charge is 0.492 e. The van der Waals surface area contributed by atoms with Crippen LogP contribution >= 0.6 is 11.6 Å². The Labute approximate surface area is 105 Å². The third kappa shape index (κ3) is 2.88. The van der Waals surface area contributed by atoms with Crippen LogP contribution in [-0.2, 0) is 4.74 Å². The normalized spacial score (nSPS) is 15.2. The third-order valence-corrected chi connectivity index (χ3v) is 3.20. The highest BCUT2D eigenvalue weighted by Gasteiger charge is 2.19. The van der Waals surface area contributed by atoms with Crippen LogP contribution in [0.25, 0.3) is 0 Å². The lowest BCUT2D eigenvalue weighted by Gasteiger charge is -2.25. The summed E-state index contributed by atoms with van der Waals surface area (Å²) >= 11 is 5.95. The fraction of sp³-hybridized carbons (Fsp3) is 0.500. The van der Waals surface area contributed by atoms with Crippen LogP contribution in [0.4, 0.5) is 0 Å². The van der Waals surface area contributed by atoms with E-state index in [1.165, 1.54) is 38.6 Å². The molecular formula is C12H14ClNO3. The van der Waals surface area contributed by atoms with Gasteiger partial charge in [0.15, 0.2) is 5.69 Å². The second kappa shape index (κ2) is 5.36. The van der Waals surface area contributed by atoms with Gasteiger partial charge in [0, 0.05) is 6.07 Å². The number of ether oxygens (including phenoxy) is 2. The molecule has 1 saturated carbocycles. The van der Waals surface area contributed by atoms with Gasteiger partial charge < -0.3 is 9.47 Å². The first-order chi connectivity index (χ1) is 8.20. The molecule has 4 nitrogen and oxygen atoms in total. The van der Waals surface area contributed by atoms with E-state index in [4.69, 9.17) is 16.3 Å². The van der Waals surface area contributed by atoms with Gasteiger partial charge in [0.2, 0.25) is 0 Å². The lowest BCUT2D eigenvalue weighted by molar-refractivity contribution is 0.0593. The maximum atomic E-state index is 11.3. The number of pyridine rings is 1. The van der Waals surface area contributed by atoms with Crippen molar-refractivity contribution in [1.29, 1.82) is 0 Å². The van der Waals surface area contributed by atoms with Crippen molar-refractivity contribution in [3.8, 4) is 5.75 Å². The van der Waals surface area contributed by atoms with Crippen LogP contribution in [0.15, 0.2) is 12.3 Å². The number of halogens is 1. The van der Waals surface area contributed by atoms with Crippen LogP contribution in [0.3, 0.4) is 0 Å². The van der Waals surface area contributed by atoms with E-state index >= 15 is 0 Å². The summed E-state index contributed by atoms with van der Waals surface area (Å²) in [4.78, 5) is 15.2. The molecule has 0 spiro atoms. The summed E-state index contributed by atoms with van der Waals surface area (Å²) in [5.41, 5.74) is 0.209. The van der Waals surface area contributed by atoms with Gasteiger partial charge in [0.25, 0.3) is 0 Å². The zero-order chi connectivity index (χ0) is 12.3. The van der Waals surface area contributed by atoms with Gasteiger partial charge in [-0.15, -0.1) is 0 Å². The first-order valence-corrected chi connectivity index (χ1v) is 5.95. The molecule has 0 N–H and O–H groups in total. The molecule has 0 aromatic carbocycles. The summed E-state index contributed by atoms with van der Waals surface area (Å²) in [6.07, 6.45) is 5.08. The molecule has 1 aliphatic carbocycles. The zero-order valence-electron chi connectivity index (χ0n) is 9.61. The molecule has 1 aromatic heterocycles. The maximum absolute atomic E-state index is 11.3. The highest BCUT2D eigenvalue weighted by Crippen LogP contribution is 2.29. The molecule has 1 fully saturated rings. The van der Waals surface area contributed by atoms with Gasteiger partial charge in [-0.2, -0.15) is 0 Å². The first kappa shape index (κ1) is 12.2. The van der Waals surface area contributed by atoms with E-state index in [1.807, 2.05) is 0 Å². The lowest BCUT2D eigenvalue weighted by Crippen LogP contribution is -2.19. The third-order valence-electron chi connectivity index (χ3n) is 2.91. The van der Waals surface area contributed by atoms with Crippen molar-refractivity contribution in [1.82, 2.24) is 4.98 Å². The number of esters is 1. The van der Waals surface area contributed by atoms with Crippen molar-refractivity contribution >= 4 is 17.6 Å². The molecule has 1 aliphatic rings. The fourth-order valence-corrected chi connectivity index (χ4v) is 1.77. The molecular weight excluding hydrogens is 242 g/mol. The molecule has 0 aliphatic heterocycles. The molecule has 0 radical (unpaired) electrons. The SMILES string of the molecule is COC(=O)c1cc(OCC2CCC2)c(Cl)cn1. The summed E-state index contributed by atoms with van der Waals surface area (Å²) in [7, 11) is 1.31. The van der Waals surface area contributed by atoms with Crippen molar-refractivity contribution in [3.05, 3.63) is 23.0 Å². The number of rotatable bonds is 4. The maximum Gasteiger partial charge on any atom is 0.356 e. The van der Waals surface area contributed by atoms with Gasteiger partial charge in [-0.1, -0.05) is 18.0 Å². The molecule has 5 heteroatoms. The van der Waals surface area contributed by atoms with E-state index in [1.54, 1.807) is 0 Å². The van der Waals surface area contributed by atoms with E-state index in [9.17, 15) is 4.79 Å².